The zero-order valence-corrected chi connectivity index (χ0v) is 19.8. The Hall–Kier alpha value is -2.48. The van der Waals surface area contributed by atoms with Gasteiger partial charge in [0, 0.05) is 25.4 Å². The van der Waals surface area contributed by atoms with E-state index < -0.39 is 23.0 Å². The molecule has 0 spiro atoms. The van der Waals surface area contributed by atoms with Crippen molar-refractivity contribution in [2.75, 3.05) is 7.11 Å². The fourth-order valence-electron chi connectivity index (χ4n) is 3.27. The number of allylic oxidation sites excluding steroid dienone is 1. The molecule has 0 saturated carbocycles. The number of esters is 1. The smallest absolute Gasteiger partial charge is 0.324 e. The monoisotopic (exact) mass is 457 g/mol. The third kappa shape index (κ3) is 5.06. The van der Waals surface area contributed by atoms with E-state index in [4.69, 9.17) is 9.15 Å². The molecular formula is C24H27NO4S2. The highest BCUT2D eigenvalue weighted by atomic mass is 32.2. The normalized spacial score (nSPS) is 14.0. The quantitative estimate of drug-likeness (QED) is 0.400. The molecule has 0 fully saturated rings. The van der Waals surface area contributed by atoms with Crippen molar-refractivity contribution in [3.05, 3.63) is 58.7 Å². The van der Waals surface area contributed by atoms with E-state index in [-0.39, 0.29) is 5.92 Å². The van der Waals surface area contributed by atoms with Crippen LogP contribution in [-0.4, -0.2) is 23.3 Å². The Morgan fingerprint density at radius 2 is 2.10 bits per heavy atom. The molecule has 2 unspecified atom stereocenters. The number of methoxy groups -OCH3 is 1. The maximum absolute atomic E-state index is 13.0. The molecule has 0 saturated heterocycles. The Kier molecular flexibility index (Phi) is 7.64. The van der Waals surface area contributed by atoms with Gasteiger partial charge in [0.15, 0.2) is 0 Å². The lowest BCUT2D eigenvalue weighted by atomic mass is 10.0. The Morgan fingerprint density at radius 3 is 2.68 bits per heavy atom. The van der Waals surface area contributed by atoms with Crippen LogP contribution in [0.1, 0.15) is 37.6 Å². The van der Waals surface area contributed by atoms with E-state index >= 15 is 0 Å². The van der Waals surface area contributed by atoms with Gasteiger partial charge < -0.3 is 9.15 Å². The molecular weight excluding hydrogens is 430 g/mol. The molecule has 31 heavy (non-hydrogen) atoms. The van der Waals surface area contributed by atoms with Crippen LogP contribution in [0.5, 0.6) is 0 Å². The predicted octanol–water partition coefficient (Wildman–Crippen LogP) is 6.01. The fourth-order valence-corrected chi connectivity index (χ4v) is 5.80. The van der Waals surface area contributed by atoms with Crippen molar-refractivity contribution in [3.8, 4) is 11.1 Å². The first-order valence-corrected chi connectivity index (χ1v) is 12.0. The first-order valence-electron chi connectivity index (χ1n) is 10.1. The number of ether oxygens (including phenoxy) is 1. The van der Waals surface area contributed by atoms with E-state index in [2.05, 4.69) is 29.5 Å². The number of furan rings is 1. The Labute approximate surface area is 189 Å². The first kappa shape index (κ1) is 23.2. The second-order valence-electron chi connectivity index (χ2n) is 7.40. The minimum Gasteiger partial charge on any atom is -0.472 e. The number of rotatable bonds is 9. The summed E-state index contributed by atoms with van der Waals surface area (Å²) in [7, 11) is -0.184. The van der Waals surface area contributed by atoms with E-state index in [0.717, 1.165) is 31.7 Å². The van der Waals surface area contributed by atoms with E-state index in [9.17, 15) is 9.00 Å². The highest BCUT2D eigenvalue weighted by Crippen LogP contribution is 2.37. The molecule has 164 valence electrons. The summed E-state index contributed by atoms with van der Waals surface area (Å²) in [6.45, 7) is 9.71. The number of nitrogens with one attached hydrogen (secondary N) is 1. The van der Waals surface area contributed by atoms with Gasteiger partial charge in [-0.15, -0.1) is 11.3 Å². The van der Waals surface area contributed by atoms with Gasteiger partial charge in [0.1, 0.15) is 17.0 Å². The molecule has 2 aromatic heterocycles. The highest BCUT2D eigenvalue weighted by molar-refractivity contribution is 7.87. The first-order chi connectivity index (χ1) is 14.9. The zero-order chi connectivity index (χ0) is 22.5. The van der Waals surface area contributed by atoms with Crippen LogP contribution in [0.15, 0.2) is 52.7 Å². The Morgan fingerprint density at radius 1 is 1.32 bits per heavy atom. The molecule has 2 atom stereocenters. The van der Waals surface area contributed by atoms with E-state index in [1.165, 1.54) is 7.11 Å². The van der Waals surface area contributed by atoms with Crippen molar-refractivity contribution in [3.63, 3.8) is 0 Å². The van der Waals surface area contributed by atoms with Gasteiger partial charge in [0.05, 0.1) is 19.6 Å². The van der Waals surface area contributed by atoms with Crippen molar-refractivity contribution in [1.82, 2.24) is 4.72 Å². The summed E-state index contributed by atoms with van der Waals surface area (Å²) in [5, 5.41) is 1.10. The molecule has 3 aromatic rings. The minimum absolute atomic E-state index is 0.0519. The second-order valence-corrected chi connectivity index (χ2v) is 9.78. The lowest BCUT2D eigenvalue weighted by Crippen LogP contribution is -2.42. The summed E-state index contributed by atoms with van der Waals surface area (Å²) in [5.41, 5.74) is 3.11. The zero-order valence-electron chi connectivity index (χ0n) is 18.1. The van der Waals surface area contributed by atoms with Crippen LogP contribution >= 0.6 is 11.3 Å². The second kappa shape index (κ2) is 10.2. The number of hydrogen-bond acceptors (Lipinski definition) is 5. The summed E-state index contributed by atoms with van der Waals surface area (Å²) in [4.78, 5) is 13.7. The maximum atomic E-state index is 13.0. The van der Waals surface area contributed by atoms with Crippen LogP contribution in [-0.2, 0) is 20.5 Å². The SMILES string of the molecule is C=Cc1c(/C=C(\CC)S(=O)NC(C(=O)OC)C(C)C)sc2cc(-c3ccoc3)ccc12. The summed E-state index contributed by atoms with van der Waals surface area (Å²) in [5.74, 6) is -0.469. The maximum Gasteiger partial charge on any atom is 0.324 e. The number of benzene rings is 1. The van der Waals surface area contributed by atoms with Crippen LogP contribution < -0.4 is 4.72 Å². The van der Waals surface area contributed by atoms with E-state index in [0.29, 0.717) is 11.3 Å². The van der Waals surface area contributed by atoms with Crippen molar-refractivity contribution in [2.24, 2.45) is 5.92 Å². The molecule has 0 radical (unpaired) electrons. The average Bonchev–Trinajstić information content (AvgIpc) is 3.41. The van der Waals surface area contributed by atoms with Gasteiger partial charge in [-0.05, 0) is 41.7 Å². The molecule has 7 heteroatoms. The Balaban J connectivity index is 1.97. The molecule has 0 aliphatic carbocycles. The summed E-state index contributed by atoms with van der Waals surface area (Å²) < 4.78 is 27.1. The number of hydrogen-bond donors (Lipinski definition) is 1. The highest BCUT2D eigenvalue weighted by Gasteiger charge is 2.25. The molecule has 5 nitrogen and oxygen atoms in total. The minimum atomic E-state index is -1.52. The van der Waals surface area contributed by atoms with Gasteiger partial charge in [-0.2, -0.15) is 0 Å². The molecule has 2 heterocycles. The van der Waals surface area contributed by atoms with Crippen LogP contribution in [0.25, 0.3) is 33.4 Å². The number of carbonyl (C=O) groups excluding carboxylic acids is 1. The number of carbonyl (C=O) groups is 1. The molecule has 3 rings (SSSR count). The Bertz CT molecular complexity index is 1130. The molecule has 0 aliphatic rings. The van der Waals surface area contributed by atoms with Crippen molar-refractivity contribution >= 4 is 50.5 Å². The third-order valence-electron chi connectivity index (χ3n) is 5.05. The van der Waals surface area contributed by atoms with Gasteiger partial charge >= 0.3 is 5.97 Å². The number of fused-ring (bicyclic) bond motifs is 1. The van der Waals surface area contributed by atoms with Crippen molar-refractivity contribution < 1.29 is 18.2 Å². The molecule has 1 aromatic carbocycles. The van der Waals surface area contributed by atoms with Crippen LogP contribution in [0.4, 0.5) is 0 Å². The lowest BCUT2D eigenvalue weighted by molar-refractivity contribution is -0.143. The molecule has 0 bridgehead atoms. The van der Waals surface area contributed by atoms with Crippen LogP contribution in [0.3, 0.4) is 0 Å². The van der Waals surface area contributed by atoms with Gasteiger partial charge in [-0.3, -0.25) is 4.79 Å². The molecule has 0 aliphatic heterocycles. The summed E-state index contributed by atoms with van der Waals surface area (Å²) in [6, 6.07) is 7.56. The van der Waals surface area contributed by atoms with Gasteiger partial charge in [-0.25, -0.2) is 8.93 Å². The largest absolute Gasteiger partial charge is 0.472 e. The van der Waals surface area contributed by atoms with Gasteiger partial charge in [-0.1, -0.05) is 45.6 Å². The third-order valence-corrected chi connectivity index (χ3v) is 7.52. The molecule has 1 N–H and O–H groups in total. The summed E-state index contributed by atoms with van der Waals surface area (Å²) >= 11 is 1.62. The van der Waals surface area contributed by atoms with Crippen molar-refractivity contribution in [1.29, 1.82) is 0 Å². The topological polar surface area (TPSA) is 68.5 Å². The standard InChI is InChI=1S/C24H27NO4S2/c1-6-18(31(27)25-23(15(3)4)24(26)28-5)13-22-19(7-2)20-9-8-16(12-21(20)30-22)17-10-11-29-14-17/h7-15,23,25H,2,6H2,1,3-5H3/b18-13+. The molecule has 0 amide bonds. The average molecular weight is 458 g/mol. The van der Waals surface area contributed by atoms with Crippen molar-refractivity contribution in [2.45, 2.75) is 33.2 Å². The van der Waals surface area contributed by atoms with Gasteiger partial charge in [0.2, 0.25) is 0 Å². The van der Waals surface area contributed by atoms with Crippen LogP contribution in [0, 0.1) is 5.92 Å². The fraction of sp³-hybridized carbons (Fsp3) is 0.292. The number of thiophene rings is 1. The van der Waals surface area contributed by atoms with Gasteiger partial charge in [0.25, 0.3) is 0 Å². The van der Waals surface area contributed by atoms with Crippen LogP contribution in [0.2, 0.25) is 0 Å². The summed E-state index contributed by atoms with van der Waals surface area (Å²) in [6.07, 6.45) is 7.73. The lowest BCUT2D eigenvalue weighted by Gasteiger charge is -2.19. The van der Waals surface area contributed by atoms with E-state index in [1.807, 2.05) is 39.0 Å². The predicted molar refractivity (Wildman–Crippen MR) is 130 cm³/mol. The van der Waals surface area contributed by atoms with E-state index in [1.54, 1.807) is 23.9 Å².